The minimum Gasteiger partial charge on any atom is -0.364 e. The van der Waals surface area contributed by atoms with Crippen LogP contribution in [0.3, 0.4) is 0 Å². The summed E-state index contributed by atoms with van der Waals surface area (Å²) in [6, 6.07) is 2.65. The van der Waals surface area contributed by atoms with Crippen LogP contribution in [0, 0.1) is 0 Å². The molecule has 0 spiro atoms. The molecule has 0 aliphatic heterocycles. The fraction of sp³-hybridized carbons (Fsp3) is 0.625. The molecule has 0 radical (unpaired) electrons. The Labute approximate surface area is 125 Å². The third-order valence-corrected chi connectivity index (χ3v) is 4.39. The van der Waals surface area contributed by atoms with Crippen molar-refractivity contribution in [1.29, 1.82) is 0 Å². The molecule has 0 bridgehead atoms. The van der Waals surface area contributed by atoms with Crippen molar-refractivity contribution in [2.75, 3.05) is 5.32 Å². The van der Waals surface area contributed by atoms with Crippen LogP contribution in [0.4, 0.5) is 5.82 Å². The van der Waals surface area contributed by atoms with Crippen molar-refractivity contribution in [2.24, 2.45) is 5.73 Å². The Morgan fingerprint density at radius 2 is 2.10 bits per heavy atom. The Morgan fingerprint density at radius 3 is 2.90 bits per heavy atom. The van der Waals surface area contributed by atoms with E-state index in [1.165, 1.54) is 19.3 Å². The van der Waals surface area contributed by atoms with E-state index in [9.17, 15) is 0 Å². The van der Waals surface area contributed by atoms with E-state index in [4.69, 9.17) is 5.73 Å². The normalized spacial score (nSPS) is 23.4. The van der Waals surface area contributed by atoms with Gasteiger partial charge in [-0.3, -0.25) is 0 Å². The van der Waals surface area contributed by atoms with Gasteiger partial charge >= 0.3 is 0 Å². The molecule has 0 aromatic carbocycles. The summed E-state index contributed by atoms with van der Waals surface area (Å²) in [5.41, 5.74) is 8.44. The second kappa shape index (κ2) is 6.02. The molecule has 2 atom stereocenters. The first-order valence-corrected chi connectivity index (χ1v) is 8.01. The maximum atomic E-state index is 6.31. The molecule has 2 unspecified atom stereocenters. The van der Waals surface area contributed by atoms with Gasteiger partial charge in [-0.2, -0.15) is 5.10 Å². The molecule has 1 aliphatic carbocycles. The van der Waals surface area contributed by atoms with E-state index in [-0.39, 0.29) is 6.04 Å². The van der Waals surface area contributed by atoms with Crippen LogP contribution in [-0.2, 0) is 0 Å². The SMILES string of the molecule is CC(C)c1cc2c(NC3CCCCCC3N)nccn2n1. The Hall–Kier alpha value is -1.62. The number of nitrogens with zero attached hydrogens (tertiary/aromatic N) is 3. The number of fused-ring (bicyclic) bond motifs is 1. The van der Waals surface area contributed by atoms with E-state index in [0.717, 1.165) is 29.9 Å². The summed E-state index contributed by atoms with van der Waals surface area (Å²) in [6.45, 7) is 4.31. The number of nitrogens with two attached hydrogens (primary N) is 1. The van der Waals surface area contributed by atoms with E-state index in [0.29, 0.717) is 12.0 Å². The van der Waals surface area contributed by atoms with Crippen LogP contribution in [0.5, 0.6) is 0 Å². The highest BCUT2D eigenvalue weighted by Gasteiger charge is 2.21. The largest absolute Gasteiger partial charge is 0.364 e. The zero-order valence-electron chi connectivity index (χ0n) is 12.9. The van der Waals surface area contributed by atoms with Crippen molar-refractivity contribution in [1.82, 2.24) is 14.6 Å². The van der Waals surface area contributed by atoms with Crippen LogP contribution in [0.15, 0.2) is 18.5 Å². The molecule has 3 rings (SSSR count). The monoisotopic (exact) mass is 287 g/mol. The van der Waals surface area contributed by atoms with Gasteiger partial charge in [-0.1, -0.05) is 33.1 Å². The second-order valence-electron chi connectivity index (χ2n) is 6.38. The summed E-state index contributed by atoms with van der Waals surface area (Å²) in [5.74, 6) is 1.32. The van der Waals surface area contributed by atoms with Gasteiger partial charge in [-0.05, 0) is 24.8 Å². The molecule has 114 valence electrons. The Morgan fingerprint density at radius 1 is 1.29 bits per heavy atom. The number of rotatable bonds is 3. The number of aromatic nitrogens is 3. The highest BCUT2D eigenvalue weighted by Crippen LogP contribution is 2.24. The van der Waals surface area contributed by atoms with Gasteiger partial charge < -0.3 is 11.1 Å². The van der Waals surface area contributed by atoms with Crippen LogP contribution in [0.2, 0.25) is 0 Å². The van der Waals surface area contributed by atoms with Crippen molar-refractivity contribution in [2.45, 2.75) is 64.0 Å². The van der Waals surface area contributed by atoms with Gasteiger partial charge in [0.1, 0.15) is 5.52 Å². The molecular formula is C16H25N5. The predicted octanol–water partition coefficient (Wildman–Crippen LogP) is 2.92. The maximum absolute atomic E-state index is 6.31. The number of anilines is 1. The lowest BCUT2D eigenvalue weighted by Gasteiger charge is -2.23. The van der Waals surface area contributed by atoms with Crippen molar-refractivity contribution in [3.63, 3.8) is 0 Å². The van der Waals surface area contributed by atoms with Gasteiger partial charge in [-0.15, -0.1) is 0 Å². The predicted molar refractivity (Wildman–Crippen MR) is 85.5 cm³/mol. The molecule has 3 N–H and O–H groups in total. The lowest BCUT2D eigenvalue weighted by atomic mass is 10.0. The quantitative estimate of drug-likeness (QED) is 0.852. The first-order valence-electron chi connectivity index (χ1n) is 8.01. The van der Waals surface area contributed by atoms with Gasteiger partial charge in [0, 0.05) is 24.5 Å². The first kappa shape index (κ1) is 14.3. The van der Waals surface area contributed by atoms with Crippen LogP contribution >= 0.6 is 0 Å². The highest BCUT2D eigenvalue weighted by atomic mass is 15.2. The number of nitrogens with one attached hydrogen (secondary N) is 1. The first-order chi connectivity index (χ1) is 10.1. The van der Waals surface area contributed by atoms with Crippen molar-refractivity contribution in [3.8, 4) is 0 Å². The highest BCUT2D eigenvalue weighted by molar-refractivity contribution is 5.68. The number of hydrogen-bond donors (Lipinski definition) is 2. The zero-order chi connectivity index (χ0) is 14.8. The van der Waals surface area contributed by atoms with Crippen molar-refractivity contribution in [3.05, 3.63) is 24.2 Å². The minimum atomic E-state index is 0.210. The fourth-order valence-corrected chi connectivity index (χ4v) is 3.03. The average molecular weight is 287 g/mol. The molecule has 21 heavy (non-hydrogen) atoms. The van der Waals surface area contributed by atoms with E-state index >= 15 is 0 Å². The molecule has 5 nitrogen and oxygen atoms in total. The number of hydrogen-bond acceptors (Lipinski definition) is 4. The van der Waals surface area contributed by atoms with Crippen LogP contribution in [0.1, 0.15) is 57.6 Å². The summed E-state index contributed by atoms with van der Waals surface area (Å²) in [7, 11) is 0. The summed E-state index contributed by atoms with van der Waals surface area (Å²) < 4.78 is 1.91. The molecular weight excluding hydrogens is 262 g/mol. The third-order valence-electron chi connectivity index (χ3n) is 4.39. The standard InChI is InChI=1S/C16H25N5/c1-11(2)14-10-15-16(18-8-9-21(15)20-14)19-13-7-5-3-4-6-12(13)17/h8-13H,3-7,17H2,1-2H3,(H,18,19). The van der Waals surface area contributed by atoms with Crippen molar-refractivity contribution >= 4 is 11.3 Å². The van der Waals surface area contributed by atoms with Gasteiger partial charge in [-0.25, -0.2) is 9.50 Å². The fourth-order valence-electron chi connectivity index (χ4n) is 3.03. The summed E-state index contributed by atoms with van der Waals surface area (Å²) in [5, 5.41) is 8.18. The van der Waals surface area contributed by atoms with Crippen LogP contribution in [0.25, 0.3) is 5.52 Å². The Bertz CT molecular complexity index is 604. The molecule has 2 aromatic heterocycles. The smallest absolute Gasteiger partial charge is 0.152 e. The molecule has 0 saturated heterocycles. The molecule has 0 amide bonds. The van der Waals surface area contributed by atoms with E-state index in [2.05, 4.69) is 35.3 Å². The molecule has 5 heteroatoms. The third kappa shape index (κ3) is 3.02. The molecule has 1 fully saturated rings. The topological polar surface area (TPSA) is 68.2 Å². The van der Waals surface area contributed by atoms with Gasteiger partial charge in [0.2, 0.25) is 0 Å². The summed E-state index contributed by atoms with van der Waals surface area (Å²) in [6.07, 6.45) is 9.68. The molecule has 1 saturated carbocycles. The molecule has 1 aliphatic rings. The molecule has 2 heterocycles. The van der Waals surface area contributed by atoms with Gasteiger partial charge in [0.25, 0.3) is 0 Å². The summed E-state index contributed by atoms with van der Waals surface area (Å²) in [4.78, 5) is 4.51. The Balaban J connectivity index is 1.89. The van der Waals surface area contributed by atoms with E-state index < -0.39 is 0 Å². The second-order valence-corrected chi connectivity index (χ2v) is 6.38. The van der Waals surface area contributed by atoms with E-state index in [1.807, 2.05) is 10.7 Å². The van der Waals surface area contributed by atoms with Gasteiger partial charge in [0.15, 0.2) is 5.82 Å². The van der Waals surface area contributed by atoms with Crippen LogP contribution in [-0.4, -0.2) is 26.7 Å². The Kier molecular flexibility index (Phi) is 4.10. The lowest BCUT2D eigenvalue weighted by molar-refractivity contribution is 0.527. The summed E-state index contributed by atoms with van der Waals surface area (Å²) >= 11 is 0. The molecule has 2 aromatic rings. The average Bonchev–Trinajstić information content (AvgIpc) is 2.81. The maximum Gasteiger partial charge on any atom is 0.152 e. The zero-order valence-corrected chi connectivity index (χ0v) is 12.9. The van der Waals surface area contributed by atoms with Gasteiger partial charge in [0.05, 0.1) is 5.69 Å². The lowest BCUT2D eigenvalue weighted by Crippen LogP contribution is -2.39. The minimum absolute atomic E-state index is 0.210. The van der Waals surface area contributed by atoms with E-state index in [1.54, 1.807) is 6.20 Å². The van der Waals surface area contributed by atoms with Crippen molar-refractivity contribution < 1.29 is 0 Å². The van der Waals surface area contributed by atoms with Crippen LogP contribution < -0.4 is 11.1 Å².